The van der Waals surface area contributed by atoms with Crippen LogP contribution in [0.15, 0.2) is 54.9 Å². The van der Waals surface area contributed by atoms with Gasteiger partial charge in [-0.05, 0) is 62.8 Å². The standard InChI is InChI=1S/C32H36FN5O3/c1-4-40-32(39)27-18-34-38(31(27)26-17-25(26)28-19-37(3)36-35-28)23-13-8-12-22(16-23)24-14-9-15-29(30(24)33)41-20(2)21-10-6-5-7-11-21/h8-9,12-16,18-21,25-26H,4-7,10-11,17H2,1-3H3/t20?,25-,26-/m1/s1. The first kappa shape index (κ1) is 27.2. The Hall–Kier alpha value is -4.01. The normalized spacial score (nSPS) is 19.6. The molecule has 2 saturated carbocycles. The summed E-state index contributed by atoms with van der Waals surface area (Å²) >= 11 is 0. The van der Waals surface area contributed by atoms with E-state index in [4.69, 9.17) is 9.47 Å². The average molecular weight is 558 g/mol. The van der Waals surface area contributed by atoms with E-state index in [2.05, 4.69) is 22.3 Å². The molecule has 0 bridgehead atoms. The second-order valence-corrected chi connectivity index (χ2v) is 11.2. The molecule has 0 saturated heterocycles. The zero-order valence-corrected chi connectivity index (χ0v) is 23.8. The van der Waals surface area contributed by atoms with Crippen molar-refractivity contribution in [2.75, 3.05) is 6.61 Å². The van der Waals surface area contributed by atoms with Crippen molar-refractivity contribution in [3.05, 3.63) is 77.6 Å². The quantitative estimate of drug-likeness (QED) is 0.216. The summed E-state index contributed by atoms with van der Waals surface area (Å²) in [5.74, 6) is 0.123. The number of aryl methyl sites for hydroxylation is 1. The predicted molar refractivity (Wildman–Crippen MR) is 153 cm³/mol. The summed E-state index contributed by atoms with van der Waals surface area (Å²) in [6, 6.07) is 12.9. The molecular formula is C32H36FN5O3. The molecule has 2 aromatic heterocycles. The van der Waals surface area contributed by atoms with E-state index in [1.165, 1.54) is 19.3 Å². The average Bonchev–Trinajstić information content (AvgIpc) is 3.43. The zero-order chi connectivity index (χ0) is 28.5. The number of carbonyl (C=O) groups is 1. The van der Waals surface area contributed by atoms with E-state index in [9.17, 15) is 4.79 Å². The number of esters is 1. The lowest BCUT2D eigenvalue weighted by Crippen LogP contribution is -2.26. The van der Waals surface area contributed by atoms with E-state index < -0.39 is 5.97 Å². The fourth-order valence-electron chi connectivity index (χ4n) is 6.18. The molecule has 3 atom stereocenters. The maximum atomic E-state index is 15.8. The minimum Gasteiger partial charge on any atom is -0.487 e. The largest absolute Gasteiger partial charge is 0.487 e. The van der Waals surface area contributed by atoms with Crippen molar-refractivity contribution in [1.29, 1.82) is 0 Å². The van der Waals surface area contributed by atoms with Crippen molar-refractivity contribution in [2.24, 2.45) is 13.0 Å². The molecule has 0 N–H and O–H groups in total. The maximum absolute atomic E-state index is 15.8. The molecule has 0 aliphatic heterocycles. The van der Waals surface area contributed by atoms with E-state index in [1.807, 2.05) is 43.6 Å². The van der Waals surface area contributed by atoms with Crippen LogP contribution >= 0.6 is 0 Å². The first-order chi connectivity index (χ1) is 19.9. The third-order valence-corrected chi connectivity index (χ3v) is 8.44. The Morgan fingerprint density at radius 2 is 1.93 bits per heavy atom. The molecule has 41 heavy (non-hydrogen) atoms. The highest BCUT2D eigenvalue weighted by Crippen LogP contribution is 2.55. The summed E-state index contributed by atoms with van der Waals surface area (Å²) in [6.07, 6.45) is 10.2. The Morgan fingerprint density at radius 3 is 2.68 bits per heavy atom. The van der Waals surface area contributed by atoms with E-state index in [-0.39, 0.29) is 36.1 Å². The Kier molecular flexibility index (Phi) is 7.60. The minimum atomic E-state index is -0.405. The van der Waals surface area contributed by atoms with E-state index in [0.29, 0.717) is 22.6 Å². The topological polar surface area (TPSA) is 84.1 Å². The number of carbonyl (C=O) groups excluding carboxylic acids is 1. The van der Waals surface area contributed by atoms with Gasteiger partial charge in [-0.1, -0.05) is 48.7 Å². The smallest absolute Gasteiger partial charge is 0.341 e. The fraction of sp³-hybridized carbons (Fsp3) is 0.438. The second kappa shape index (κ2) is 11.5. The van der Waals surface area contributed by atoms with E-state index in [0.717, 1.165) is 36.3 Å². The lowest BCUT2D eigenvalue weighted by Gasteiger charge is -2.28. The van der Waals surface area contributed by atoms with Crippen molar-refractivity contribution in [3.8, 4) is 22.6 Å². The van der Waals surface area contributed by atoms with Gasteiger partial charge < -0.3 is 9.47 Å². The van der Waals surface area contributed by atoms with Gasteiger partial charge in [-0.15, -0.1) is 5.10 Å². The highest BCUT2D eigenvalue weighted by Gasteiger charge is 2.46. The number of nitrogens with zero attached hydrogens (tertiary/aromatic N) is 5. The van der Waals surface area contributed by atoms with Gasteiger partial charge in [0.2, 0.25) is 0 Å². The third-order valence-electron chi connectivity index (χ3n) is 8.44. The van der Waals surface area contributed by atoms with Crippen LogP contribution in [0.25, 0.3) is 16.8 Å². The number of ether oxygens (including phenoxy) is 2. The van der Waals surface area contributed by atoms with Crippen LogP contribution in [0.3, 0.4) is 0 Å². The van der Waals surface area contributed by atoms with Crippen molar-refractivity contribution in [2.45, 2.75) is 70.3 Å². The Morgan fingerprint density at radius 1 is 1.12 bits per heavy atom. The predicted octanol–water partition coefficient (Wildman–Crippen LogP) is 6.60. The molecule has 9 heteroatoms. The van der Waals surface area contributed by atoms with Gasteiger partial charge in [0.15, 0.2) is 11.6 Å². The molecule has 6 rings (SSSR count). The molecule has 2 fully saturated rings. The van der Waals surface area contributed by atoms with Gasteiger partial charge in [0.1, 0.15) is 5.56 Å². The second-order valence-electron chi connectivity index (χ2n) is 11.2. The van der Waals surface area contributed by atoms with Crippen LogP contribution in [-0.2, 0) is 11.8 Å². The van der Waals surface area contributed by atoms with Gasteiger partial charge in [0, 0.05) is 30.6 Å². The Labute approximate surface area is 239 Å². The van der Waals surface area contributed by atoms with Gasteiger partial charge >= 0.3 is 5.97 Å². The number of hydrogen-bond acceptors (Lipinski definition) is 6. The summed E-state index contributed by atoms with van der Waals surface area (Å²) < 4.78 is 30.8. The highest BCUT2D eigenvalue weighted by molar-refractivity contribution is 5.91. The monoisotopic (exact) mass is 557 g/mol. The minimum absolute atomic E-state index is 0.0343. The summed E-state index contributed by atoms with van der Waals surface area (Å²) in [7, 11) is 1.84. The van der Waals surface area contributed by atoms with Crippen LogP contribution in [0.5, 0.6) is 5.75 Å². The highest BCUT2D eigenvalue weighted by atomic mass is 19.1. The number of benzene rings is 2. The summed E-state index contributed by atoms with van der Waals surface area (Å²) in [5.41, 5.74) is 4.00. The van der Waals surface area contributed by atoms with Gasteiger partial charge in [-0.3, -0.25) is 4.68 Å². The van der Waals surface area contributed by atoms with Gasteiger partial charge in [0.05, 0.1) is 36.0 Å². The van der Waals surface area contributed by atoms with Crippen LogP contribution in [0.1, 0.15) is 86.0 Å². The molecule has 0 radical (unpaired) electrons. The van der Waals surface area contributed by atoms with Crippen LogP contribution in [0.2, 0.25) is 0 Å². The Bertz CT molecular complexity index is 1540. The number of hydrogen-bond donors (Lipinski definition) is 0. The Balaban J connectivity index is 1.32. The molecule has 0 amide bonds. The molecule has 2 aliphatic carbocycles. The van der Waals surface area contributed by atoms with Crippen LogP contribution in [-0.4, -0.2) is 43.5 Å². The van der Waals surface area contributed by atoms with Gasteiger partial charge in [0.25, 0.3) is 0 Å². The lowest BCUT2D eigenvalue weighted by atomic mass is 9.86. The molecule has 2 heterocycles. The molecule has 2 aliphatic rings. The van der Waals surface area contributed by atoms with Crippen LogP contribution < -0.4 is 4.74 Å². The molecule has 1 unspecified atom stereocenters. The molecular weight excluding hydrogens is 521 g/mol. The summed E-state index contributed by atoms with van der Waals surface area (Å²) in [4.78, 5) is 12.9. The molecule has 8 nitrogen and oxygen atoms in total. The van der Waals surface area contributed by atoms with Crippen LogP contribution in [0, 0.1) is 11.7 Å². The van der Waals surface area contributed by atoms with Gasteiger partial charge in [-0.25, -0.2) is 13.9 Å². The third kappa shape index (κ3) is 5.49. The summed E-state index contributed by atoms with van der Waals surface area (Å²) in [5, 5.41) is 13.0. The number of halogens is 1. The first-order valence-corrected chi connectivity index (χ1v) is 14.6. The van der Waals surface area contributed by atoms with E-state index in [1.54, 1.807) is 34.6 Å². The zero-order valence-electron chi connectivity index (χ0n) is 23.8. The van der Waals surface area contributed by atoms with Crippen molar-refractivity contribution in [3.63, 3.8) is 0 Å². The molecule has 2 aromatic carbocycles. The first-order valence-electron chi connectivity index (χ1n) is 14.6. The SMILES string of the molecule is CCOC(=O)c1cnn(-c2cccc(-c3cccc(OC(C)C4CCCCC4)c3F)c2)c1[C@@H]1C[C@H]1c1cn(C)nn1. The summed E-state index contributed by atoms with van der Waals surface area (Å²) in [6.45, 7) is 4.11. The van der Waals surface area contributed by atoms with Crippen molar-refractivity contribution >= 4 is 5.97 Å². The molecule has 4 aromatic rings. The van der Waals surface area contributed by atoms with Gasteiger partial charge in [-0.2, -0.15) is 5.10 Å². The van der Waals surface area contributed by atoms with Crippen molar-refractivity contribution in [1.82, 2.24) is 24.8 Å². The molecule has 0 spiro atoms. The number of aromatic nitrogens is 5. The van der Waals surface area contributed by atoms with E-state index >= 15 is 4.39 Å². The lowest BCUT2D eigenvalue weighted by molar-refractivity contribution is 0.0525. The molecule has 214 valence electrons. The fourth-order valence-corrected chi connectivity index (χ4v) is 6.18. The number of rotatable bonds is 9. The maximum Gasteiger partial charge on any atom is 0.341 e. The van der Waals surface area contributed by atoms with Crippen molar-refractivity contribution < 1.29 is 18.7 Å². The van der Waals surface area contributed by atoms with Crippen LogP contribution in [0.4, 0.5) is 4.39 Å².